The second-order valence-corrected chi connectivity index (χ2v) is 21.6. The molecule has 5 heterocycles. The number of sulfone groups is 1. The highest BCUT2D eigenvalue weighted by atomic mass is 32.2. The van der Waals surface area contributed by atoms with E-state index in [1.165, 1.54) is 0 Å². The summed E-state index contributed by atoms with van der Waals surface area (Å²) in [7, 11) is -6.55. The van der Waals surface area contributed by atoms with Gasteiger partial charge in [0.05, 0.1) is 67.7 Å². The Morgan fingerprint density at radius 3 is 1.57 bits per heavy atom. The van der Waals surface area contributed by atoms with Gasteiger partial charge in [-0.25, -0.2) is 37.9 Å². The third-order valence-electron chi connectivity index (χ3n) is 11.7. The number of hydrogen-bond donors (Lipinski definition) is 4. The zero-order chi connectivity index (χ0) is 47.1. The van der Waals surface area contributed by atoms with Gasteiger partial charge in [-0.15, -0.1) is 0 Å². The summed E-state index contributed by atoms with van der Waals surface area (Å²) < 4.78 is 62.7. The predicted octanol–water partition coefficient (Wildman–Crippen LogP) is 4.01. The first-order valence-corrected chi connectivity index (χ1v) is 26.3. The zero-order valence-corrected chi connectivity index (χ0v) is 39.7. The molecule has 20 nitrogen and oxygen atoms in total. The van der Waals surface area contributed by atoms with Crippen molar-refractivity contribution in [2.75, 3.05) is 90.8 Å². The number of nitrogens with zero attached hydrogens (tertiary/aromatic N) is 7. The molecule has 4 amide bonds. The summed E-state index contributed by atoms with van der Waals surface area (Å²) in [5, 5.41) is 11.5. The van der Waals surface area contributed by atoms with Gasteiger partial charge < -0.3 is 40.5 Å². The maximum atomic E-state index is 12.0. The zero-order valence-electron chi connectivity index (χ0n) is 38.0. The van der Waals surface area contributed by atoms with E-state index in [9.17, 15) is 26.4 Å². The van der Waals surface area contributed by atoms with Crippen molar-refractivity contribution in [1.82, 2.24) is 35.5 Å². The number of carbonyl (C=O) groups excluding carboxylic acids is 2. The van der Waals surface area contributed by atoms with Crippen molar-refractivity contribution < 1.29 is 40.1 Å². The molecule has 67 heavy (non-hydrogen) atoms. The number of amides is 4. The predicted molar refractivity (Wildman–Crippen MR) is 254 cm³/mol. The van der Waals surface area contributed by atoms with E-state index in [4.69, 9.17) is 28.6 Å². The van der Waals surface area contributed by atoms with E-state index in [0.717, 1.165) is 61.1 Å². The fraction of sp³-hybridized carbons (Fsp3) is 0.511. The second-order valence-electron chi connectivity index (χ2n) is 17.6. The minimum absolute atomic E-state index is 0.117. The van der Waals surface area contributed by atoms with E-state index in [1.54, 1.807) is 18.2 Å². The molecule has 0 radical (unpaired) electrons. The van der Waals surface area contributed by atoms with Crippen LogP contribution in [0.4, 0.5) is 32.6 Å². The van der Waals surface area contributed by atoms with Crippen LogP contribution in [0.2, 0.25) is 0 Å². The Morgan fingerprint density at radius 2 is 1.13 bits per heavy atom. The molecule has 0 spiro atoms. The molecule has 0 unspecified atom stereocenters. The van der Waals surface area contributed by atoms with Crippen molar-refractivity contribution in [3.05, 3.63) is 72.1 Å². The van der Waals surface area contributed by atoms with E-state index < -0.39 is 20.0 Å². The number of aromatic nitrogens is 4. The van der Waals surface area contributed by atoms with Gasteiger partial charge in [-0.1, -0.05) is 0 Å². The highest BCUT2D eigenvalue weighted by Crippen LogP contribution is 2.28. The molecule has 2 aliphatic carbocycles. The molecule has 2 aromatic carbocycles. The summed E-state index contributed by atoms with van der Waals surface area (Å²) in [5.74, 6) is 2.94. The topological polar surface area (TPSA) is 240 Å². The number of benzene rings is 2. The van der Waals surface area contributed by atoms with Crippen LogP contribution in [0.15, 0.2) is 60.7 Å². The Bertz CT molecular complexity index is 2590. The molecule has 9 rings (SSSR count). The molecule has 5 fully saturated rings. The van der Waals surface area contributed by atoms with Crippen molar-refractivity contribution in [2.24, 2.45) is 0 Å². The normalized spacial score (nSPS) is 20.8. The fourth-order valence-corrected chi connectivity index (χ4v) is 9.29. The summed E-state index contributed by atoms with van der Waals surface area (Å²) in [6, 6.07) is 18.9. The van der Waals surface area contributed by atoms with Crippen LogP contribution in [-0.4, -0.2) is 148 Å². The van der Waals surface area contributed by atoms with Crippen LogP contribution in [0.25, 0.3) is 22.8 Å². The van der Waals surface area contributed by atoms with E-state index in [2.05, 4.69) is 47.9 Å². The van der Waals surface area contributed by atoms with Gasteiger partial charge in [-0.3, -0.25) is 9.08 Å². The molecule has 4 N–H and O–H groups in total. The lowest BCUT2D eigenvalue weighted by molar-refractivity contribution is 0.0985. The fourth-order valence-electron chi connectivity index (χ4n) is 7.68. The van der Waals surface area contributed by atoms with Crippen molar-refractivity contribution in [3.8, 4) is 22.8 Å². The van der Waals surface area contributed by atoms with Crippen LogP contribution in [0, 0.1) is 0 Å². The maximum Gasteiger partial charge on any atom is 0.319 e. The Morgan fingerprint density at radius 1 is 0.687 bits per heavy atom. The average molecular weight is 962 g/mol. The lowest BCUT2D eigenvalue weighted by Crippen LogP contribution is -2.44. The minimum atomic E-state index is -3.61. The van der Waals surface area contributed by atoms with Crippen LogP contribution in [-0.2, 0) is 46.8 Å². The van der Waals surface area contributed by atoms with Crippen molar-refractivity contribution in [2.45, 2.75) is 76.8 Å². The van der Waals surface area contributed by atoms with Gasteiger partial charge in [-0.2, -0.15) is 8.42 Å². The van der Waals surface area contributed by atoms with E-state index >= 15 is 0 Å². The summed E-state index contributed by atoms with van der Waals surface area (Å²) >= 11 is 0. The number of anilines is 4. The van der Waals surface area contributed by atoms with E-state index in [-0.39, 0.29) is 48.3 Å². The lowest BCUT2D eigenvalue weighted by atomic mass is 10.1. The average Bonchev–Trinajstić information content (AvgIpc) is 4.26. The Balaban J connectivity index is 0.000000182. The number of urea groups is 2. The highest BCUT2D eigenvalue weighted by molar-refractivity contribution is 7.91. The molecule has 3 aliphatic heterocycles. The molecule has 360 valence electrons. The maximum absolute atomic E-state index is 12.0. The SMILES string of the molecule is C[C@H]1COCCN1c1cc(CN2CCS(=O)(=O)CC2)nc(-c2ccc(NC(=O)NC3CC3)cc2)n1.C[C@H]1COCCN1c1cc(COS(C)(=O)=O)nc(-c2ccc(NC(=O)NC3CC3)cc2)n1. The van der Waals surface area contributed by atoms with E-state index in [1.807, 2.05) is 49.4 Å². The van der Waals surface area contributed by atoms with Crippen LogP contribution < -0.4 is 31.1 Å². The minimum Gasteiger partial charge on any atom is -0.377 e. The van der Waals surface area contributed by atoms with Crippen LogP contribution in [0.3, 0.4) is 0 Å². The molecular weight excluding hydrogens is 903 g/mol. The third-order valence-corrected chi connectivity index (χ3v) is 13.9. The monoisotopic (exact) mass is 961 g/mol. The van der Waals surface area contributed by atoms with Gasteiger partial charge in [0.1, 0.15) is 18.2 Å². The largest absolute Gasteiger partial charge is 0.377 e. The number of hydrogen-bond acceptors (Lipinski definition) is 16. The molecule has 2 saturated carbocycles. The Kier molecular flexibility index (Phi) is 15.2. The standard InChI is InChI=1S/C24H32N6O4S.C21H27N5O5S/c1-17-16-34-11-8-30(17)22-14-21(15-29-9-12-35(32,33)13-10-29)25-23(28-22)18-2-4-19(5-3-18)26-24(31)27-20-6-7-20;1-14-12-30-10-9-26(14)19-11-18(13-31-32(2,28)29)22-20(25-19)15-3-5-16(6-4-15)23-21(27)24-17-7-8-17/h2-5,14,17,20H,6-13,15-16H2,1H3,(H2,26,27,31);3-6,11,14,17H,7-10,12-13H2,1-2H3,(H2,23,24,27)/t17-;14-/m00/s1. The number of carbonyl (C=O) groups is 2. The van der Waals surface area contributed by atoms with E-state index in [0.29, 0.717) is 93.2 Å². The number of rotatable bonds is 13. The van der Waals surface area contributed by atoms with Crippen molar-refractivity contribution in [3.63, 3.8) is 0 Å². The van der Waals surface area contributed by atoms with Gasteiger partial charge in [0.25, 0.3) is 10.1 Å². The quantitative estimate of drug-likeness (QED) is 0.139. The van der Waals surface area contributed by atoms with Gasteiger partial charge in [0.2, 0.25) is 0 Å². The molecule has 4 aromatic rings. The number of ether oxygens (including phenoxy) is 2. The van der Waals surface area contributed by atoms with Gasteiger partial charge in [-0.05, 0) is 88.1 Å². The number of morpholine rings is 2. The summed E-state index contributed by atoms with van der Waals surface area (Å²) in [6.07, 6.45) is 5.13. The molecule has 22 heteroatoms. The summed E-state index contributed by atoms with van der Waals surface area (Å²) in [5.41, 5.74) is 4.27. The molecule has 0 bridgehead atoms. The van der Waals surface area contributed by atoms with Crippen LogP contribution in [0.1, 0.15) is 50.9 Å². The first-order chi connectivity index (χ1) is 32.1. The number of nitrogens with one attached hydrogen (secondary N) is 4. The molecule has 2 atom stereocenters. The third kappa shape index (κ3) is 14.2. The summed E-state index contributed by atoms with van der Waals surface area (Å²) in [6.45, 7) is 9.43. The Labute approximate surface area is 391 Å². The van der Waals surface area contributed by atoms with Crippen LogP contribution >= 0.6 is 0 Å². The van der Waals surface area contributed by atoms with Gasteiger partial charge in [0, 0.05) is 79.4 Å². The molecule has 3 saturated heterocycles. The second kappa shape index (κ2) is 21.2. The summed E-state index contributed by atoms with van der Waals surface area (Å²) in [4.78, 5) is 49.4. The van der Waals surface area contributed by atoms with Crippen molar-refractivity contribution in [1.29, 1.82) is 0 Å². The smallest absolute Gasteiger partial charge is 0.319 e. The Hall–Kier alpha value is -5.52. The molecule has 2 aromatic heterocycles. The van der Waals surface area contributed by atoms with Crippen molar-refractivity contribution >= 4 is 55.0 Å². The lowest BCUT2D eigenvalue weighted by Gasteiger charge is -2.34. The van der Waals surface area contributed by atoms with Gasteiger partial charge >= 0.3 is 12.1 Å². The van der Waals surface area contributed by atoms with Crippen LogP contribution in [0.5, 0.6) is 0 Å². The molecule has 5 aliphatic rings. The van der Waals surface area contributed by atoms with Gasteiger partial charge in [0.15, 0.2) is 21.5 Å². The molecular formula is C45H59N11O9S2. The first kappa shape index (κ1) is 48.0. The first-order valence-electron chi connectivity index (χ1n) is 22.7. The highest BCUT2D eigenvalue weighted by Gasteiger charge is 2.27.